The van der Waals surface area contributed by atoms with Crippen LogP contribution in [0.25, 0.3) is 33.8 Å². The van der Waals surface area contributed by atoms with Crippen LogP contribution in [-0.2, 0) is 4.74 Å². The quantitative estimate of drug-likeness (QED) is 0.289. The van der Waals surface area contributed by atoms with Crippen LogP contribution in [0.3, 0.4) is 0 Å². The molecule has 0 bridgehead atoms. The number of benzene rings is 2. The van der Waals surface area contributed by atoms with Crippen LogP contribution in [0.2, 0.25) is 5.02 Å². The Kier molecular flexibility index (Phi) is 5.11. The number of fused-ring (bicyclic) bond motifs is 1. The van der Waals surface area contributed by atoms with E-state index in [1.165, 1.54) is 0 Å². The van der Waals surface area contributed by atoms with Crippen molar-refractivity contribution in [1.82, 2.24) is 20.2 Å². The van der Waals surface area contributed by atoms with Crippen LogP contribution in [0, 0.1) is 0 Å². The maximum Gasteiger partial charge on any atom is 0.435 e. The standard InChI is InChI=1S/C20H17ClN6O3/c1-2-30-20(29)25-18(22)11-5-8-13-14(9-11)24-19(23-13)16-17(28)15(26-27-16)10-3-6-12(21)7-4-10/h3-9,28H,2H2,1H3,(H,23,24)(H,26,27)(H2,22,25,29). The summed E-state index contributed by atoms with van der Waals surface area (Å²) in [5.41, 5.74) is 9.12. The minimum Gasteiger partial charge on any atom is -0.504 e. The zero-order chi connectivity index (χ0) is 21.3. The topological polar surface area (TPSA) is 142 Å². The van der Waals surface area contributed by atoms with E-state index in [4.69, 9.17) is 22.1 Å². The van der Waals surface area contributed by atoms with Crippen LogP contribution in [0.4, 0.5) is 4.79 Å². The van der Waals surface area contributed by atoms with Gasteiger partial charge in [0.1, 0.15) is 17.2 Å². The van der Waals surface area contributed by atoms with Gasteiger partial charge < -0.3 is 20.6 Å². The number of carbonyl (C=O) groups is 1. The van der Waals surface area contributed by atoms with Gasteiger partial charge in [0.05, 0.1) is 17.6 Å². The number of H-pyrrole nitrogens is 2. The molecule has 2 aromatic carbocycles. The van der Waals surface area contributed by atoms with E-state index in [0.29, 0.717) is 44.4 Å². The number of amides is 1. The van der Waals surface area contributed by atoms with Crippen molar-refractivity contribution in [1.29, 1.82) is 0 Å². The van der Waals surface area contributed by atoms with E-state index >= 15 is 0 Å². The van der Waals surface area contributed by atoms with Crippen molar-refractivity contribution in [3.63, 3.8) is 0 Å². The van der Waals surface area contributed by atoms with Gasteiger partial charge in [-0.3, -0.25) is 5.10 Å². The normalized spacial score (nSPS) is 11.7. The molecule has 0 saturated carbocycles. The second kappa shape index (κ2) is 7.88. The van der Waals surface area contributed by atoms with Crippen LogP contribution >= 0.6 is 11.6 Å². The van der Waals surface area contributed by atoms with E-state index in [1.54, 1.807) is 49.4 Å². The molecule has 5 N–H and O–H groups in total. The summed E-state index contributed by atoms with van der Waals surface area (Å²) >= 11 is 5.91. The fourth-order valence-electron chi connectivity index (χ4n) is 2.91. The SMILES string of the molecule is CCOC(=O)/N=C(\N)c1ccc2[nH]c(-c3[nH]nc(-c4ccc(Cl)cc4)c3O)nc2c1. The molecule has 0 fully saturated rings. The highest BCUT2D eigenvalue weighted by Gasteiger charge is 2.18. The number of imidazole rings is 1. The zero-order valence-corrected chi connectivity index (χ0v) is 16.6. The average Bonchev–Trinajstić information content (AvgIpc) is 3.31. The number of nitrogens with zero attached hydrogens (tertiary/aromatic N) is 3. The molecule has 9 nitrogen and oxygen atoms in total. The molecule has 4 aromatic rings. The van der Waals surface area contributed by atoms with Crippen molar-refractivity contribution in [3.05, 3.63) is 53.1 Å². The van der Waals surface area contributed by atoms with Crippen LogP contribution < -0.4 is 5.73 Å². The molecule has 152 valence electrons. The number of hydrogen-bond acceptors (Lipinski definition) is 5. The van der Waals surface area contributed by atoms with Crippen LogP contribution in [0.1, 0.15) is 12.5 Å². The number of carbonyl (C=O) groups excluding carboxylic acids is 1. The van der Waals surface area contributed by atoms with Crippen molar-refractivity contribution in [2.75, 3.05) is 6.61 Å². The average molecular weight is 425 g/mol. The summed E-state index contributed by atoms with van der Waals surface area (Å²) in [6.45, 7) is 1.90. The number of aromatic nitrogens is 4. The number of amidine groups is 1. The summed E-state index contributed by atoms with van der Waals surface area (Å²) in [4.78, 5) is 22.8. The Morgan fingerprint density at radius 3 is 2.77 bits per heavy atom. The van der Waals surface area contributed by atoms with Gasteiger partial charge in [0.15, 0.2) is 11.6 Å². The number of halogens is 1. The first-order valence-corrected chi connectivity index (χ1v) is 9.38. The van der Waals surface area contributed by atoms with Crippen LogP contribution in [-0.4, -0.2) is 43.8 Å². The summed E-state index contributed by atoms with van der Waals surface area (Å²) in [7, 11) is 0. The second-order valence-corrected chi connectivity index (χ2v) is 6.75. The molecule has 30 heavy (non-hydrogen) atoms. The minimum absolute atomic E-state index is 0.0225. The minimum atomic E-state index is -0.755. The molecule has 10 heteroatoms. The Morgan fingerprint density at radius 1 is 1.27 bits per heavy atom. The number of nitrogens with one attached hydrogen (secondary N) is 2. The number of aromatic hydroxyl groups is 1. The Hall–Kier alpha value is -3.85. The molecule has 0 spiro atoms. The van der Waals surface area contributed by atoms with Gasteiger partial charge >= 0.3 is 6.09 Å². The zero-order valence-electron chi connectivity index (χ0n) is 15.8. The Labute approximate surface area is 175 Å². The van der Waals surface area contributed by atoms with Gasteiger partial charge in [0.25, 0.3) is 0 Å². The molecule has 0 aliphatic rings. The Morgan fingerprint density at radius 2 is 2.03 bits per heavy atom. The van der Waals surface area contributed by atoms with E-state index in [0.717, 1.165) is 0 Å². The molecule has 0 unspecified atom stereocenters. The number of nitrogens with two attached hydrogens (primary N) is 1. The molecule has 0 saturated heterocycles. The Bertz CT molecular complexity index is 1260. The third-order valence-electron chi connectivity index (χ3n) is 4.35. The number of hydrogen-bond donors (Lipinski definition) is 4. The van der Waals surface area contributed by atoms with Crippen LogP contribution in [0.5, 0.6) is 5.75 Å². The largest absolute Gasteiger partial charge is 0.504 e. The number of aromatic amines is 2. The fourth-order valence-corrected chi connectivity index (χ4v) is 3.04. The smallest absolute Gasteiger partial charge is 0.435 e. The third kappa shape index (κ3) is 3.70. The van der Waals surface area contributed by atoms with E-state index in [9.17, 15) is 9.90 Å². The predicted octanol–water partition coefficient (Wildman–Crippen LogP) is 3.84. The summed E-state index contributed by atoms with van der Waals surface area (Å²) in [5, 5.41) is 18.2. The lowest BCUT2D eigenvalue weighted by molar-refractivity contribution is 0.163. The number of aliphatic imine (C=N–C) groups is 1. The van der Waals surface area contributed by atoms with Gasteiger partial charge in [0, 0.05) is 16.1 Å². The molecular formula is C20H17ClN6O3. The van der Waals surface area contributed by atoms with E-state index in [1.807, 2.05) is 0 Å². The molecule has 2 aromatic heterocycles. The lowest BCUT2D eigenvalue weighted by Gasteiger charge is -2.00. The van der Waals surface area contributed by atoms with E-state index in [2.05, 4.69) is 25.2 Å². The highest BCUT2D eigenvalue weighted by Crippen LogP contribution is 2.35. The third-order valence-corrected chi connectivity index (χ3v) is 4.61. The van der Waals surface area contributed by atoms with E-state index < -0.39 is 6.09 Å². The van der Waals surface area contributed by atoms with Crippen molar-refractivity contribution in [2.45, 2.75) is 6.92 Å². The second-order valence-electron chi connectivity index (χ2n) is 6.32. The van der Waals surface area contributed by atoms with Crippen molar-refractivity contribution < 1.29 is 14.6 Å². The Balaban J connectivity index is 1.68. The molecule has 2 heterocycles. The van der Waals surface area contributed by atoms with Gasteiger partial charge in [-0.25, -0.2) is 9.78 Å². The summed E-state index contributed by atoms with van der Waals surface area (Å²) in [6.07, 6.45) is -0.755. The molecule has 0 aliphatic carbocycles. The van der Waals surface area contributed by atoms with E-state index in [-0.39, 0.29) is 18.2 Å². The number of ether oxygens (including phenoxy) is 1. The van der Waals surface area contributed by atoms with Crippen molar-refractivity contribution >= 4 is 34.6 Å². The van der Waals surface area contributed by atoms with Crippen molar-refractivity contribution in [3.8, 4) is 28.5 Å². The van der Waals surface area contributed by atoms with Gasteiger partial charge in [-0.15, -0.1) is 0 Å². The molecule has 0 atom stereocenters. The molecule has 0 aliphatic heterocycles. The number of rotatable bonds is 4. The molecular weight excluding hydrogens is 408 g/mol. The van der Waals surface area contributed by atoms with Crippen LogP contribution in [0.15, 0.2) is 47.5 Å². The first-order valence-electron chi connectivity index (χ1n) is 9.01. The lowest BCUT2D eigenvalue weighted by atomic mass is 10.1. The summed E-state index contributed by atoms with van der Waals surface area (Å²) < 4.78 is 4.77. The maximum absolute atomic E-state index is 11.5. The van der Waals surface area contributed by atoms with Gasteiger partial charge in [-0.2, -0.15) is 10.1 Å². The summed E-state index contributed by atoms with van der Waals surface area (Å²) in [5.74, 6) is 0.377. The lowest BCUT2D eigenvalue weighted by Crippen LogP contribution is -2.16. The van der Waals surface area contributed by atoms with Crippen molar-refractivity contribution in [2.24, 2.45) is 10.7 Å². The first-order chi connectivity index (χ1) is 14.5. The summed E-state index contributed by atoms with van der Waals surface area (Å²) in [6, 6.07) is 12.1. The highest BCUT2D eigenvalue weighted by molar-refractivity contribution is 6.30. The van der Waals surface area contributed by atoms with Gasteiger partial charge in [-0.05, 0) is 37.3 Å². The predicted molar refractivity (Wildman–Crippen MR) is 114 cm³/mol. The monoisotopic (exact) mass is 424 g/mol. The molecule has 0 radical (unpaired) electrons. The maximum atomic E-state index is 11.5. The first kappa shape index (κ1) is 19.5. The highest BCUT2D eigenvalue weighted by atomic mass is 35.5. The fraction of sp³-hybridized carbons (Fsp3) is 0.100. The van der Waals surface area contributed by atoms with Gasteiger partial charge in [-0.1, -0.05) is 23.7 Å². The van der Waals surface area contributed by atoms with Gasteiger partial charge in [0.2, 0.25) is 0 Å². The molecule has 1 amide bonds. The molecule has 4 rings (SSSR count).